The number of carbonyl (C=O) groups is 1. The van der Waals surface area contributed by atoms with E-state index in [0.717, 1.165) is 25.9 Å². The van der Waals surface area contributed by atoms with Crippen LogP contribution in [0.4, 0.5) is 14.9 Å². The maximum absolute atomic E-state index is 13.7. The van der Waals surface area contributed by atoms with Crippen LogP contribution in [-0.4, -0.2) is 30.6 Å². The Morgan fingerprint density at radius 3 is 2.59 bits per heavy atom. The van der Waals surface area contributed by atoms with Crippen molar-refractivity contribution in [2.24, 2.45) is 0 Å². The standard InChI is InChI=1S/C13H17FN2O/c1-2-16(12-8-4-3-7-11(12)14)13(17)15-9-5-6-10-15/h3-4,7-8H,2,5-6,9-10H2,1H3. The Morgan fingerprint density at radius 1 is 1.35 bits per heavy atom. The van der Waals surface area contributed by atoms with Crippen LogP contribution in [0.2, 0.25) is 0 Å². The molecule has 1 heterocycles. The van der Waals surface area contributed by atoms with Crippen LogP contribution in [-0.2, 0) is 0 Å². The highest BCUT2D eigenvalue weighted by Gasteiger charge is 2.24. The molecule has 1 aliphatic rings. The van der Waals surface area contributed by atoms with Crippen LogP contribution in [0, 0.1) is 5.82 Å². The molecular formula is C13H17FN2O. The summed E-state index contributed by atoms with van der Waals surface area (Å²) in [4.78, 5) is 15.5. The SMILES string of the molecule is CCN(C(=O)N1CCCC1)c1ccccc1F. The molecule has 0 bridgehead atoms. The van der Waals surface area contributed by atoms with Crippen LogP contribution in [0.3, 0.4) is 0 Å². The maximum atomic E-state index is 13.7. The average molecular weight is 236 g/mol. The number of likely N-dealkylation sites (tertiary alicyclic amines) is 1. The molecule has 0 N–H and O–H groups in total. The van der Waals surface area contributed by atoms with Crippen LogP contribution in [0.5, 0.6) is 0 Å². The van der Waals surface area contributed by atoms with Crippen molar-refractivity contribution in [1.29, 1.82) is 0 Å². The van der Waals surface area contributed by atoms with E-state index in [1.165, 1.54) is 11.0 Å². The van der Waals surface area contributed by atoms with E-state index in [0.29, 0.717) is 12.2 Å². The molecule has 17 heavy (non-hydrogen) atoms. The van der Waals surface area contributed by atoms with Gasteiger partial charge in [0.1, 0.15) is 5.82 Å². The minimum atomic E-state index is -0.345. The van der Waals surface area contributed by atoms with E-state index in [4.69, 9.17) is 0 Å². The number of hydrogen-bond donors (Lipinski definition) is 0. The highest BCUT2D eigenvalue weighted by atomic mass is 19.1. The van der Waals surface area contributed by atoms with Gasteiger partial charge in [-0.1, -0.05) is 12.1 Å². The first kappa shape index (κ1) is 11.9. The van der Waals surface area contributed by atoms with Gasteiger partial charge < -0.3 is 4.90 Å². The van der Waals surface area contributed by atoms with Gasteiger partial charge in [0.15, 0.2) is 0 Å². The van der Waals surface area contributed by atoms with Crippen molar-refractivity contribution in [2.45, 2.75) is 19.8 Å². The minimum Gasteiger partial charge on any atom is -0.324 e. The van der Waals surface area contributed by atoms with E-state index in [9.17, 15) is 9.18 Å². The Balaban J connectivity index is 2.21. The lowest BCUT2D eigenvalue weighted by Gasteiger charge is -2.27. The van der Waals surface area contributed by atoms with Crippen molar-refractivity contribution in [3.63, 3.8) is 0 Å². The van der Waals surface area contributed by atoms with Gasteiger partial charge in [-0.2, -0.15) is 0 Å². The molecule has 2 rings (SSSR count). The fourth-order valence-electron chi connectivity index (χ4n) is 2.16. The maximum Gasteiger partial charge on any atom is 0.324 e. The monoisotopic (exact) mass is 236 g/mol. The number of carbonyl (C=O) groups excluding carboxylic acids is 1. The molecule has 0 aliphatic carbocycles. The molecule has 0 radical (unpaired) electrons. The number of urea groups is 1. The Morgan fingerprint density at radius 2 is 2.00 bits per heavy atom. The molecule has 4 heteroatoms. The van der Waals surface area contributed by atoms with Crippen molar-refractivity contribution >= 4 is 11.7 Å². The molecule has 0 unspecified atom stereocenters. The van der Waals surface area contributed by atoms with Crippen LogP contribution in [0.25, 0.3) is 0 Å². The lowest BCUT2D eigenvalue weighted by molar-refractivity contribution is 0.215. The molecule has 0 atom stereocenters. The predicted octanol–water partition coefficient (Wildman–Crippen LogP) is 2.87. The van der Waals surface area contributed by atoms with Gasteiger partial charge in [-0.25, -0.2) is 9.18 Å². The third-order valence-corrected chi connectivity index (χ3v) is 3.07. The van der Waals surface area contributed by atoms with E-state index in [1.807, 2.05) is 6.92 Å². The predicted molar refractivity (Wildman–Crippen MR) is 65.6 cm³/mol. The minimum absolute atomic E-state index is 0.0879. The molecule has 1 fully saturated rings. The fourth-order valence-corrected chi connectivity index (χ4v) is 2.16. The highest BCUT2D eigenvalue weighted by molar-refractivity contribution is 5.92. The van der Waals surface area contributed by atoms with Gasteiger partial charge in [-0.3, -0.25) is 4.90 Å². The van der Waals surface area contributed by atoms with Crippen LogP contribution in [0.1, 0.15) is 19.8 Å². The number of para-hydroxylation sites is 1. The van der Waals surface area contributed by atoms with Crippen LogP contribution >= 0.6 is 0 Å². The zero-order valence-electron chi connectivity index (χ0n) is 10.0. The number of nitrogens with zero attached hydrogens (tertiary/aromatic N) is 2. The zero-order chi connectivity index (χ0) is 12.3. The van der Waals surface area contributed by atoms with Crippen molar-refractivity contribution in [1.82, 2.24) is 4.90 Å². The van der Waals surface area contributed by atoms with Gasteiger partial charge in [0.25, 0.3) is 0 Å². The lowest BCUT2D eigenvalue weighted by atomic mass is 10.3. The molecule has 0 aromatic heterocycles. The summed E-state index contributed by atoms with van der Waals surface area (Å²) in [5.41, 5.74) is 0.368. The largest absolute Gasteiger partial charge is 0.324 e. The van der Waals surface area contributed by atoms with Gasteiger partial charge in [-0.15, -0.1) is 0 Å². The Hall–Kier alpha value is -1.58. The molecule has 1 saturated heterocycles. The topological polar surface area (TPSA) is 23.6 Å². The molecular weight excluding hydrogens is 219 g/mol. The van der Waals surface area contributed by atoms with Gasteiger partial charge in [0.05, 0.1) is 5.69 Å². The first-order valence-corrected chi connectivity index (χ1v) is 6.05. The molecule has 0 spiro atoms. The molecule has 1 aromatic carbocycles. The summed E-state index contributed by atoms with van der Waals surface area (Å²) in [6, 6.07) is 6.32. The summed E-state index contributed by atoms with van der Waals surface area (Å²) in [7, 11) is 0. The summed E-state index contributed by atoms with van der Waals surface area (Å²) in [6.07, 6.45) is 2.08. The van der Waals surface area contributed by atoms with E-state index >= 15 is 0 Å². The van der Waals surface area contributed by atoms with E-state index in [1.54, 1.807) is 23.1 Å². The summed E-state index contributed by atoms with van der Waals surface area (Å²) in [6.45, 7) is 3.91. The second-order valence-electron chi connectivity index (χ2n) is 4.17. The van der Waals surface area contributed by atoms with Crippen LogP contribution < -0.4 is 4.90 Å². The molecule has 1 aromatic rings. The van der Waals surface area contributed by atoms with Crippen molar-refractivity contribution in [3.8, 4) is 0 Å². The Kier molecular flexibility index (Phi) is 3.61. The third-order valence-electron chi connectivity index (χ3n) is 3.07. The third kappa shape index (κ3) is 2.40. The number of amides is 2. The fraction of sp³-hybridized carbons (Fsp3) is 0.462. The number of benzene rings is 1. The van der Waals surface area contributed by atoms with E-state index in [-0.39, 0.29) is 11.8 Å². The van der Waals surface area contributed by atoms with Crippen molar-refractivity contribution in [2.75, 3.05) is 24.5 Å². The first-order chi connectivity index (χ1) is 8.24. The zero-order valence-corrected chi connectivity index (χ0v) is 10.0. The van der Waals surface area contributed by atoms with E-state index < -0.39 is 0 Å². The molecule has 1 aliphatic heterocycles. The number of rotatable bonds is 2. The smallest absolute Gasteiger partial charge is 0.324 e. The molecule has 92 valence electrons. The van der Waals surface area contributed by atoms with Gasteiger partial charge >= 0.3 is 6.03 Å². The summed E-state index contributed by atoms with van der Waals surface area (Å²) < 4.78 is 13.7. The van der Waals surface area contributed by atoms with Crippen molar-refractivity contribution < 1.29 is 9.18 Å². The van der Waals surface area contributed by atoms with Gasteiger partial charge in [0, 0.05) is 19.6 Å². The van der Waals surface area contributed by atoms with Crippen molar-refractivity contribution in [3.05, 3.63) is 30.1 Å². The molecule has 2 amide bonds. The second-order valence-corrected chi connectivity index (χ2v) is 4.17. The average Bonchev–Trinajstić information content (AvgIpc) is 2.86. The second kappa shape index (κ2) is 5.17. The normalized spacial score (nSPS) is 15.1. The molecule has 3 nitrogen and oxygen atoms in total. The summed E-state index contributed by atoms with van der Waals surface area (Å²) in [5, 5.41) is 0. The number of halogens is 1. The Bertz CT molecular complexity index is 402. The quantitative estimate of drug-likeness (QED) is 0.774. The summed E-state index contributed by atoms with van der Waals surface area (Å²) in [5.74, 6) is -0.345. The number of anilines is 1. The van der Waals surface area contributed by atoms with Gasteiger partial charge in [-0.05, 0) is 31.9 Å². The van der Waals surface area contributed by atoms with E-state index in [2.05, 4.69) is 0 Å². The summed E-state index contributed by atoms with van der Waals surface area (Å²) >= 11 is 0. The Labute approximate surface area is 101 Å². The number of hydrogen-bond acceptors (Lipinski definition) is 1. The van der Waals surface area contributed by atoms with Gasteiger partial charge in [0.2, 0.25) is 0 Å². The molecule has 0 saturated carbocycles. The highest BCUT2D eigenvalue weighted by Crippen LogP contribution is 2.21. The lowest BCUT2D eigenvalue weighted by Crippen LogP contribution is -2.42. The first-order valence-electron chi connectivity index (χ1n) is 6.05. The van der Waals surface area contributed by atoms with Crippen LogP contribution in [0.15, 0.2) is 24.3 Å².